The fraction of sp³-hybridized carbons (Fsp3) is 0.923. The highest BCUT2D eigenvalue weighted by Gasteiger charge is 2.18. The number of hydrogen-bond donors (Lipinski definition) is 2. The second-order valence-electron chi connectivity index (χ2n) is 5.61. The molecule has 0 spiro atoms. The first kappa shape index (κ1) is 13.1. The summed E-state index contributed by atoms with van der Waals surface area (Å²) in [6.45, 7) is 3.49. The van der Waals surface area contributed by atoms with Crippen molar-refractivity contribution in [2.75, 3.05) is 26.7 Å². The molecule has 4 heteroatoms. The zero-order valence-electron chi connectivity index (χ0n) is 10.9. The fourth-order valence-corrected chi connectivity index (χ4v) is 3.23. The van der Waals surface area contributed by atoms with E-state index in [0.29, 0.717) is 6.04 Å². The fourth-order valence-electron chi connectivity index (χ4n) is 2.98. The van der Waals surface area contributed by atoms with Gasteiger partial charge in [-0.3, -0.25) is 0 Å². The third kappa shape index (κ3) is 4.43. The van der Waals surface area contributed by atoms with E-state index in [0.717, 1.165) is 17.6 Å². The summed E-state index contributed by atoms with van der Waals surface area (Å²) in [7, 11) is 2.21. The number of piperidine rings is 1. The lowest BCUT2D eigenvalue weighted by Gasteiger charge is -2.30. The molecule has 2 rings (SSSR count). The standard InChI is InChI=1S/C13H25N3S/c1-16-8-4-5-11(10-16)9-14-13(17)15-12-6-2-3-7-12/h11-12H,2-10H2,1H3,(H2,14,15,17)/t11-/m0/s1. The first-order valence-electron chi connectivity index (χ1n) is 6.97. The van der Waals surface area contributed by atoms with Crippen LogP contribution in [0.4, 0.5) is 0 Å². The third-order valence-corrected chi connectivity index (χ3v) is 4.23. The molecule has 0 radical (unpaired) electrons. The number of thiocarbonyl (C=S) groups is 1. The molecule has 1 heterocycles. The van der Waals surface area contributed by atoms with Crippen LogP contribution in [0.5, 0.6) is 0 Å². The van der Waals surface area contributed by atoms with Gasteiger partial charge in [-0.15, -0.1) is 0 Å². The summed E-state index contributed by atoms with van der Waals surface area (Å²) in [6.07, 6.45) is 7.94. The number of nitrogens with zero attached hydrogens (tertiary/aromatic N) is 1. The SMILES string of the molecule is CN1CCC[C@@H](CNC(=S)NC2CCCC2)C1. The molecular formula is C13H25N3S. The minimum atomic E-state index is 0.629. The van der Waals surface area contributed by atoms with Crippen molar-refractivity contribution in [1.29, 1.82) is 0 Å². The molecule has 1 saturated carbocycles. The molecule has 17 heavy (non-hydrogen) atoms. The number of nitrogens with one attached hydrogen (secondary N) is 2. The van der Waals surface area contributed by atoms with Crippen LogP contribution >= 0.6 is 12.2 Å². The molecule has 3 nitrogen and oxygen atoms in total. The minimum absolute atomic E-state index is 0.629. The van der Waals surface area contributed by atoms with Gasteiger partial charge in [-0.1, -0.05) is 12.8 Å². The van der Waals surface area contributed by atoms with Crippen molar-refractivity contribution in [3.05, 3.63) is 0 Å². The van der Waals surface area contributed by atoms with Crippen molar-refractivity contribution in [2.24, 2.45) is 5.92 Å². The molecule has 0 unspecified atom stereocenters. The normalized spacial score (nSPS) is 27.0. The van der Waals surface area contributed by atoms with Crippen molar-refractivity contribution in [2.45, 2.75) is 44.6 Å². The maximum Gasteiger partial charge on any atom is 0.166 e. The molecule has 2 fully saturated rings. The van der Waals surface area contributed by atoms with Gasteiger partial charge < -0.3 is 15.5 Å². The molecule has 0 amide bonds. The Balaban J connectivity index is 1.61. The Hall–Kier alpha value is -0.350. The molecule has 98 valence electrons. The van der Waals surface area contributed by atoms with Crippen LogP contribution in [0.1, 0.15) is 38.5 Å². The van der Waals surface area contributed by atoms with Crippen molar-refractivity contribution in [3.63, 3.8) is 0 Å². The van der Waals surface area contributed by atoms with E-state index in [4.69, 9.17) is 12.2 Å². The highest BCUT2D eigenvalue weighted by molar-refractivity contribution is 7.80. The van der Waals surface area contributed by atoms with Gasteiger partial charge >= 0.3 is 0 Å². The van der Waals surface area contributed by atoms with Crippen LogP contribution in [0.25, 0.3) is 0 Å². The van der Waals surface area contributed by atoms with Gasteiger partial charge in [0.25, 0.3) is 0 Å². The van der Waals surface area contributed by atoms with E-state index in [1.165, 1.54) is 51.6 Å². The zero-order chi connectivity index (χ0) is 12.1. The van der Waals surface area contributed by atoms with Crippen molar-refractivity contribution >= 4 is 17.3 Å². The molecule has 1 saturated heterocycles. The van der Waals surface area contributed by atoms with Gasteiger partial charge in [-0.2, -0.15) is 0 Å². The first-order chi connectivity index (χ1) is 8.24. The Bertz CT molecular complexity index is 251. The summed E-state index contributed by atoms with van der Waals surface area (Å²) in [4.78, 5) is 2.42. The predicted octanol–water partition coefficient (Wildman–Crippen LogP) is 1.73. The maximum atomic E-state index is 5.35. The Labute approximate surface area is 110 Å². The van der Waals surface area contributed by atoms with Crippen molar-refractivity contribution < 1.29 is 0 Å². The monoisotopic (exact) mass is 255 g/mol. The highest BCUT2D eigenvalue weighted by atomic mass is 32.1. The summed E-state index contributed by atoms with van der Waals surface area (Å²) in [6, 6.07) is 0.629. The van der Waals surface area contributed by atoms with Gasteiger partial charge in [-0.25, -0.2) is 0 Å². The van der Waals surface area contributed by atoms with E-state index in [-0.39, 0.29) is 0 Å². The average Bonchev–Trinajstić information content (AvgIpc) is 2.79. The molecule has 0 bridgehead atoms. The van der Waals surface area contributed by atoms with E-state index in [2.05, 4.69) is 22.6 Å². The zero-order valence-corrected chi connectivity index (χ0v) is 11.7. The number of hydrogen-bond acceptors (Lipinski definition) is 2. The largest absolute Gasteiger partial charge is 0.362 e. The predicted molar refractivity (Wildman–Crippen MR) is 76.2 cm³/mol. The summed E-state index contributed by atoms with van der Waals surface area (Å²) < 4.78 is 0. The average molecular weight is 255 g/mol. The molecule has 1 atom stereocenters. The lowest BCUT2D eigenvalue weighted by molar-refractivity contribution is 0.210. The highest BCUT2D eigenvalue weighted by Crippen LogP contribution is 2.17. The smallest absolute Gasteiger partial charge is 0.166 e. The Morgan fingerprint density at radius 1 is 1.24 bits per heavy atom. The molecule has 2 aliphatic rings. The number of likely N-dealkylation sites (tertiary alicyclic amines) is 1. The lowest BCUT2D eigenvalue weighted by Crippen LogP contribution is -2.45. The van der Waals surface area contributed by atoms with Crippen molar-refractivity contribution in [3.8, 4) is 0 Å². The molecule has 2 N–H and O–H groups in total. The van der Waals surface area contributed by atoms with Crippen LogP contribution in [-0.2, 0) is 0 Å². The molecule has 0 aromatic heterocycles. The second-order valence-corrected chi connectivity index (χ2v) is 6.01. The molecule has 1 aliphatic carbocycles. The van der Waals surface area contributed by atoms with Crippen LogP contribution in [0.3, 0.4) is 0 Å². The maximum absolute atomic E-state index is 5.35. The van der Waals surface area contributed by atoms with Crippen LogP contribution in [0.15, 0.2) is 0 Å². The minimum Gasteiger partial charge on any atom is -0.362 e. The Kier molecular flexibility index (Phi) is 5.04. The molecule has 0 aromatic rings. The summed E-state index contributed by atoms with van der Waals surface area (Å²) in [5.74, 6) is 0.761. The van der Waals surface area contributed by atoms with Crippen LogP contribution in [-0.4, -0.2) is 42.7 Å². The molecule has 0 aromatic carbocycles. The third-order valence-electron chi connectivity index (χ3n) is 3.96. The van der Waals surface area contributed by atoms with Gasteiger partial charge in [-0.05, 0) is 57.4 Å². The number of rotatable bonds is 3. The van der Waals surface area contributed by atoms with Gasteiger partial charge in [0.2, 0.25) is 0 Å². The Morgan fingerprint density at radius 2 is 2.00 bits per heavy atom. The van der Waals surface area contributed by atoms with E-state index in [1.807, 2.05) is 0 Å². The van der Waals surface area contributed by atoms with Crippen molar-refractivity contribution in [1.82, 2.24) is 15.5 Å². The van der Waals surface area contributed by atoms with E-state index < -0.39 is 0 Å². The van der Waals surface area contributed by atoms with Crippen LogP contribution in [0.2, 0.25) is 0 Å². The van der Waals surface area contributed by atoms with Gasteiger partial charge in [0.05, 0.1) is 0 Å². The molecule has 1 aliphatic heterocycles. The van der Waals surface area contributed by atoms with E-state index >= 15 is 0 Å². The quantitative estimate of drug-likeness (QED) is 0.751. The summed E-state index contributed by atoms with van der Waals surface area (Å²) >= 11 is 5.35. The van der Waals surface area contributed by atoms with Crippen LogP contribution in [0, 0.1) is 5.92 Å². The van der Waals surface area contributed by atoms with E-state index in [9.17, 15) is 0 Å². The van der Waals surface area contributed by atoms with Gasteiger partial charge in [0.15, 0.2) is 5.11 Å². The van der Waals surface area contributed by atoms with Gasteiger partial charge in [0, 0.05) is 19.1 Å². The van der Waals surface area contributed by atoms with Gasteiger partial charge in [0.1, 0.15) is 0 Å². The topological polar surface area (TPSA) is 27.3 Å². The summed E-state index contributed by atoms with van der Waals surface area (Å²) in [5, 5.41) is 7.70. The second kappa shape index (κ2) is 6.55. The first-order valence-corrected chi connectivity index (χ1v) is 7.38. The Morgan fingerprint density at radius 3 is 2.71 bits per heavy atom. The lowest BCUT2D eigenvalue weighted by atomic mass is 9.99. The summed E-state index contributed by atoms with van der Waals surface area (Å²) in [5.41, 5.74) is 0. The molecular weight excluding hydrogens is 230 g/mol. The van der Waals surface area contributed by atoms with Crippen LogP contribution < -0.4 is 10.6 Å². The van der Waals surface area contributed by atoms with E-state index in [1.54, 1.807) is 0 Å².